The quantitative estimate of drug-likeness (QED) is 0.880. The van der Waals surface area contributed by atoms with Crippen molar-refractivity contribution in [2.75, 3.05) is 12.8 Å². The van der Waals surface area contributed by atoms with Gasteiger partial charge in [0.25, 0.3) is 0 Å². The standard InChI is InChI=1S/C13H17N3O/c1-9-4-5-12(17-3)11(6-9)8-16-7-10(2)13(14)15-16/h4-7H,8H2,1-3H3,(H2,14,15). The molecule has 0 saturated carbocycles. The van der Waals surface area contributed by atoms with Gasteiger partial charge in [-0.25, -0.2) is 0 Å². The maximum Gasteiger partial charge on any atom is 0.148 e. The van der Waals surface area contributed by atoms with Crippen LogP contribution in [0.15, 0.2) is 24.4 Å². The molecule has 17 heavy (non-hydrogen) atoms. The Hall–Kier alpha value is -1.97. The molecule has 2 N–H and O–H groups in total. The van der Waals surface area contributed by atoms with Crippen molar-refractivity contribution in [3.63, 3.8) is 0 Å². The Labute approximate surface area is 101 Å². The number of benzene rings is 1. The van der Waals surface area contributed by atoms with Crippen LogP contribution in [0.5, 0.6) is 5.75 Å². The van der Waals surface area contributed by atoms with E-state index in [4.69, 9.17) is 10.5 Å². The molecule has 1 aromatic carbocycles. The molecule has 90 valence electrons. The first-order valence-electron chi connectivity index (χ1n) is 5.53. The summed E-state index contributed by atoms with van der Waals surface area (Å²) in [7, 11) is 1.68. The SMILES string of the molecule is COc1ccc(C)cc1Cn1cc(C)c(N)n1. The molecule has 0 aliphatic heterocycles. The smallest absolute Gasteiger partial charge is 0.148 e. The molecule has 0 spiro atoms. The van der Waals surface area contributed by atoms with Crippen LogP contribution in [0.2, 0.25) is 0 Å². The molecule has 0 radical (unpaired) electrons. The number of aryl methyl sites for hydroxylation is 2. The Balaban J connectivity index is 2.31. The predicted octanol–water partition coefficient (Wildman–Crippen LogP) is 2.14. The van der Waals surface area contributed by atoms with Crippen LogP contribution in [-0.4, -0.2) is 16.9 Å². The van der Waals surface area contributed by atoms with E-state index in [-0.39, 0.29) is 0 Å². The van der Waals surface area contributed by atoms with Gasteiger partial charge in [-0.15, -0.1) is 0 Å². The summed E-state index contributed by atoms with van der Waals surface area (Å²) in [5.41, 5.74) is 9.04. The van der Waals surface area contributed by atoms with Gasteiger partial charge in [-0.1, -0.05) is 17.7 Å². The number of ether oxygens (including phenoxy) is 1. The number of methoxy groups -OCH3 is 1. The van der Waals surface area contributed by atoms with Gasteiger partial charge in [0.2, 0.25) is 0 Å². The fourth-order valence-electron chi connectivity index (χ4n) is 1.82. The predicted molar refractivity (Wildman–Crippen MR) is 68.2 cm³/mol. The lowest BCUT2D eigenvalue weighted by molar-refractivity contribution is 0.407. The second kappa shape index (κ2) is 4.49. The zero-order chi connectivity index (χ0) is 12.4. The van der Waals surface area contributed by atoms with Gasteiger partial charge in [-0.05, 0) is 19.9 Å². The summed E-state index contributed by atoms with van der Waals surface area (Å²) < 4.78 is 7.17. The molecule has 1 heterocycles. The van der Waals surface area contributed by atoms with Gasteiger partial charge >= 0.3 is 0 Å². The monoisotopic (exact) mass is 231 g/mol. The van der Waals surface area contributed by atoms with Gasteiger partial charge < -0.3 is 10.5 Å². The largest absolute Gasteiger partial charge is 0.496 e. The summed E-state index contributed by atoms with van der Waals surface area (Å²) in [5.74, 6) is 1.46. The minimum absolute atomic E-state index is 0.580. The van der Waals surface area contributed by atoms with Crippen LogP contribution in [0.3, 0.4) is 0 Å². The fraction of sp³-hybridized carbons (Fsp3) is 0.308. The van der Waals surface area contributed by atoms with E-state index in [0.29, 0.717) is 12.4 Å². The summed E-state index contributed by atoms with van der Waals surface area (Å²) in [4.78, 5) is 0. The minimum atomic E-state index is 0.580. The second-order valence-corrected chi connectivity index (χ2v) is 4.21. The summed E-state index contributed by atoms with van der Waals surface area (Å²) >= 11 is 0. The average Bonchev–Trinajstić information content (AvgIpc) is 2.58. The van der Waals surface area contributed by atoms with Crippen LogP contribution in [-0.2, 0) is 6.54 Å². The molecule has 0 saturated heterocycles. The van der Waals surface area contributed by atoms with Crippen molar-refractivity contribution in [3.05, 3.63) is 41.1 Å². The lowest BCUT2D eigenvalue weighted by atomic mass is 10.1. The van der Waals surface area contributed by atoms with E-state index >= 15 is 0 Å². The maximum absolute atomic E-state index is 5.73. The van der Waals surface area contributed by atoms with Crippen LogP contribution in [0.25, 0.3) is 0 Å². The first kappa shape index (κ1) is 11.5. The Morgan fingerprint density at radius 2 is 2.12 bits per heavy atom. The molecule has 4 nitrogen and oxygen atoms in total. The minimum Gasteiger partial charge on any atom is -0.496 e. The highest BCUT2D eigenvalue weighted by molar-refractivity contribution is 5.39. The number of hydrogen-bond acceptors (Lipinski definition) is 3. The average molecular weight is 231 g/mol. The molecule has 0 unspecified atom stereocenters. The molecule has 0 aliphatic carbocycles. The lowest BCUT2D eigenvalue weighted by Gasteiger charge is -2.09. The van der Waals surface area contributed by atoms with Crippen molar-refractivity contribution in [1.82, 2.24) is 9.78 Å². The Kier molecular flexibility index (Phi) is 3.04. The molecule has 0 amide bonds. The van der Waals surface area contributed by atoms with Crippen LogP contribution in [0, 0.1) is 13.8 Å². The summed E-state index contributed by atoms with van der Waals surface area (Å²) in [6.07, 6.45) is 1.94. The molecule has 2 aromatic rings. The van der Waals surface area contributed by atoms with E-state index in [1.54, 1.807) is 7.11 Å². The number of rotatable bonds is 3. The van der Waals surface area contributed by atoms with Gasteiger partial charge in [0.15, 0.2) is 0 Å². The molecule has 2 rings (SSSR count). The van der Waals surface area contributed by atoms with Crippen LogP contribution in [0.1, 0.15) is 16.7 Å². The molecule has 0 aliphatic rings. The van der Waals surface area contributed by atoms with E-state index in [9.17, 15) is 0 Å². The van der Waals surface area contributed by atoms with Crippen molar-refractivity contribution < 1.29 is 4.74 Å². The highest BCUT2D eigenvalue weighted by atomic mass is 16.5. The van der Waals surface area contributed by atoms with E-state index in [2.05, 4.69) is 18.1 Å². The van der Waals surface area contributed by atoms with Crippen molar-refractivity contribution in [2.45, 2.75) is 20.4 Å². The third kappa shape index (κ3) is 2.41. The van der Waals surface area contributed by atoms with Crippen LogP contribution < -0.4 is 10.5 Å². The van der Waals surface area contributed by atoms with Crippen LogP contribution in [0.4, 0.5) is 5.82 Å². The second-order valence-electron chi connectivity index (χ2n) is 4.21. The van der Waals surface area contributed by atoms with Crippen molar-refractivity contribution >= 4 is 5.82 Å². The molecule has 0 atom stereocenters. The zero-order valence-electron chi connectivity index (χ0n) is 10.4. The number of nitrogens with two attached hydrogens (primary N) is 1. The van der Waals surface area contributed by atoms with E-state index < -0.39 is 0 Å². The Morgan fingerprint density at radius 3 is 2.71 bits per heavy atom. The van der Waals surface area contributed by atoms with Crippen molar-refractivity contribution in [3.8, 4) is 5.75 Å². The molecular formula is C13H17N3O. The summed E-state index contributed by atoms with van der Waals surface area (Å²) in [6, 6.07) is 6.11. The van der Waals surface area contributed by atoms with E-state index in [1.807, 2.05) is 29.9 Å². The molecule has 4 heteroatoms. The van der Waals surface area contributed by atoms with Gasteiger partial charge in [-0.2, -0.15) is 5.10 Å². The lowest BCUT2D eigenvalue weighted by Crippen LogP contribution is -2.03. The van der Waals surface area contributed by atoms with Gasteiger partial charge in [-0.3, -0.25) is 4.68 Å². The topological polar surface area (TPSA) is 53.1 Å². The Morgan fingerprint density at radius 1 is 1.35 bits per heavy atom. The molecule has 1 aromatic heterocycles. The number of aromatic nitrogens is 2. The summed E-state index contributed by atoms with van der Waals surface area (Å²) in [5, 5.41) is 4.25. The number of nitrogens with zero attached hydrogens (tertiary/aromatic N) is 2. The fourth-order valence-corrected chi connectivity index (χ4v) is 1.82. The van der Waals surface area contributed by atoms with Gasteiger partial charge in [0.05, 0.1) is 13.7 Å². The first-order valence-corrected chi connectivity index (χ1v) is 5.53. The normalized spacial score (nSPS) is 10.5. The van der Waals surface area contributed by atoms with Crippen LogP contribution >= 0.6 is 0 Å². The highest BCUT2D eigenvalue weighted by Crippen LogP contribution is 2.21. The zero-order valence-corrected chi connectivity index (χ0v) is 10.4. The van der Waals surface area contributed by atoms with Crippen molar-refractivity contribution in [2.24, 2.45) is 0 Å². The third-order valence-corrected chi connectivity index (χ3v) is 2.75. The molecule has 0 fully saturated rings. The third-order valence-electron chi connectivity index (χ3n) is 2.75. The van der Waals surface area contributed by atoms with Gasteiger partial charge in [0, 0.05) is 17.3 Å². The maximum atomic E-state index is 5.73. The van der Waals surface area contributed by atoms with Gasteiger partial charge in [0.1, 0.15) is 11.6 Å². The highest BCUT2D eigenvalue weighted by Gasteiger charge is 2.06. The number of anilines is 1. The number of nitrogen functional groups attached to an aromatic ring is 1. The first-order chi connectivity index (χ1) is 8.10. The van der Waals surface area contributed by atoms with Crippen molar-refractivity contribution in [1.29, 1.82) is 0 Å². The summed E-state index contributed by atoms with van der Waals surface area (Å²) in [6.45, 7) is 4.68. The number of hydrogen-bond donors (Lipinski definition) is 1. The molecular weight excluding hydrogens is 214 g/mol. The Bertz CT molecular complexity index is 512. The molecule has 0 bridgehead atoms. The van der Waals surface area contributed by atoms with E-state index in [0.717, 1.165) is 16.9 Å². The van der Waals surface area contributed by atoms with E-state index in [1.165, 1.54) is 5.56 Å².